The first-order valence-electron chi connectivity index (χ1n) is 7.89. The summed E-state index contributed by atoms with van der Waals surface area (Å²) in [5.41, 5.74) is 1.87. The van der Waals surface area contributed by atoms with Crippen molar-refractivity contribution in [1.29, 1.82) is 0 Å². The van der Waals surface area contributed by atoms with Gasteiger partial charge >= 0.3 is 0 Å². The smallest absolute Gasteiger partial charge is 0.251 e. The van der Waals surface area contributed by atoms with Gasteiger partial charge in [0.1, 0.15) is 5.75 Å². The molecule has 2 aromatic carbocycles. The van der Waals surface area contributed by atoms with Crippen LogP contribution in [0.2, 0.25) is 0 Å². The Hall–Kier alpha value is -2.38. The fraction of sp³-hybridized carbons (Fsp3) is 0.278. The monoisotopic (exact) mass is 362 g/mol. The number of methoxy groups -OCH3 is 1. The molecular formula is C18H22N2O4S. The maximum atomic E-state index is 12.5. The van der Waals surface area contributed by atoms with E-state index in [2.05, 4.69) is 10.0 Å². The van der Waals surface area contributed by atoms with E-state index in [9.17, 15) is 13.2 Å². The van der Waals surface area contributed by atoms with E-state index < -0.39 is 10.0 Å². The molecule has 2 N–H and O–H groups in total. The molecule has 2 aromatic rings. The molecule has 0 aromatic heterocycles. The fourth-order valence-electron chi connectivity index (χ4n) is 2.41. The number of carbonyl (C=O) groups excluding carboxylic acids is 1. The Labute approximate surface area is 148 Å². The highest BCUT2D eigenvalue weighted by Crippen LogP contribution is 2.18. The first kappa shape index (κ1) is 19.0. The summed E-state index contributed by atoms with van der Waals surface area (Å²) in [6.45, 7) is 4.03. The minimum Gasteiger partial charge on any atom is -0.496 e. The first-order chi connectivity index (χ1) is 11.9. The molecule has 25 heavy (non-hydrogen) atoms. The number of nitrogens with one attached hydrogen (secondary N) is 2. The number of carbonyl (C=O) groups is 1. The van der Waals surface area contributed by atoms with Crippen LogP contribution in [-0.2, 0) is 16.6 Å². The van der Waals surface area contributed by atoms with Crippen LogP contribution < -0.4 is 14.8 Å². The Morgan fingerprint density at radius 3 is 2.56 bits per heavy atom. The van der Waals surface area contributed by atoms with Crippen molar-refractivity contribution in [3.63, 3.8) is 0 Å². The average Bonchev–Trinajstić information content (AvgIpc) is 2.60. The molecule has 0 atom stereocenters. The summed E-state index contributed by atoms with van der Waals surface area (Å²) >= 11 is 0. The van der Waals surface area contributed by atoms with E-state index in [0.29, 0.717) is 16.9 Å². The van der Waals surface area contributed by atoms with Crippen LogP contribution in [0.1, 0.15) is 28.4 Å². The molecule has 0 saturated carbocycles. The van der Waals surface area contributed by atoms with Crippen LogP contribution in [-0.4, -0.2) is 28.0 Å². The van der Waals surface area contributed by atoms with Crippen LogP contribution >= 0.6 is 0 Å². The molecule has 0 spiro atoms. The maximum Gasteiger partial charge on any atom is 0.251 e. The minimum atomic E-state index is -3.61. The Bertz CT molecular complexity index is 863. The molecular weight excluding hydrogens is 340 g/mol. The number of amides is 1. The van der Waals surface area contributed by atoms with Crippen LogP contribution in [0.4, 0.5) is 0 Å². The Morgan fingerprint density at radius 2 is 1.88 bits per heavy atom. The largest absolute Gasteiger partial charge is 0.496 e. The lowest BCUT2D eigenvalue weighted by molar-refractivity contribution is 0.0950. The number of para-hydroxylation sites is 1. The van der Waals surface area contributed by atoms with E-state index in [1.54, 1.807) is 27.0 Å². The summed E-state index contributed by atoms with van der Waals surface area (Å²) in [5, 5.41) is 2.81. The molecule has 0 aliphatic rings. The highest BCUT2D eigenvalue weighted by molar-refractivity contribution is 7.89. The number of aryl methyl sites for hydroxylation is 1. The van der Waals surface area contributed by atoms with Gasteiger partial charge in [-0.25, -0.2) is 13.1 Å². The van der Waals surface area contributed by atoms with Gasteiger partial charge in [-0.15, -0.1) is 0 Å². The number of rotatable bonds is 7. The molecule has 134 valence electrons. The Kier molecular flexibility index (Phi) is 6.17. The predicted octanol–water partition coefficient (Wildman–Crippen LogP) is 2.23. The predicted molar refractivity (Wildman–Crippen MR) is 96.2 cm³/mol. The zero-order valence-electron chi connectivity index (χ0n) is 14.5. The Balaban J connectivity index is 2.21. The number of ether oxygens (including phenoxy) is 1. The molecule has 7 heteroatoms. The molecule has 0 saturated heterocycles. The molecule has 0 radical (unpaired) electrons. The molecule has 0 aliphatic carbocycles. The van der Waals surface area contributed by atoms with E-state index in [1.165, 1.54) is 12.1 Å². The third-order valence-electron chi connectivity index (χ3n) is 3.73. The zero-order valence-corrected chi connectivity index (χ0v) is 15.3. The third-order valence-corrected chi connectivity index (χ3v) is 5.27. The first-order valence-corrected chi connectivity index (χ1v) is 9.37. The van der Waals surface area contributed by atoms with Gasteiger partial charge in [-0.05, 0) is 30.7 Å². The molecule has 0 heterocycles. The summed E-state index contributed by atoms with van der Waals surface area (Å²) in [7, 11) is -2.04. The summed E-state index contributed by atoms with van der Waals surface area (Å²) < 4.78 is 31.9. The summed E-state index contributed by atoms with van der Waals surface area (Å²) in [6.07, 6.45) is 0. The molecule has 6 nitrogen and oxygen atoms in total. The van der Waals surface area contributed by atoms with Crippen molar-refractivity contribution in [2.24, 2.45) is 0 Å². The van der Waals surface area contributed by atoms with Crippen LogP contribution in [0.15, 0.2) is 47.4 Å². The van der Waals surface area contributed by atoms with E-state index in [0.717, 1.165) is 5.56 Å². The number of benzene rings is 2. The SMILES string of the molecule is CCNS(=O)(=O)c1ccc(C)c(C(=O)NCc2ccccc2OC)c1. The Morgan fingerprint density at radius 1 is 1.16 bits per heavy atom. The highest BCUT2D eigenvalue weighted by atomic mass is 32.2. The van der Waals surface area contributed by atoms with Gasteiger partial charge in [0.2, 0.25) is 10.0 Å². The maximum absolute atomic E-state index is 12.5. The van der Waals surface area contributed by atoms with Crippen LogP contribution in [0.25, 0.3) is 0 Å². The standard InChI is InChI=1S/C18H22N2O4S/c1-4-20-25(22,23)15-10-9-13(2)16(11-15)18(21)19-12-14-7-5-6-8-17(14)24-3/h5-11,20H,4,12H2,1-3H3,(H,19,21). The second kappa shape index (κ2) is 8.13. The van der Waals surface area contributed by atoms with Gasteiger partial charge in [0.05, 0.1) is 12.0 Å². The van der Waals surface area contributed by atoms with Gasteiger partial charge in [0, 0.05) is 24.2 Å². The van der Waals surface area contributed by atoms with Gasteiger partial charge in [0.15, 0.2) is 0 Å². The molecule has 0 bridgehead atoms. The molecule has 1 amide bonds. The lowest BCUT2D eigenvalue weighted by Crippen LogP contribution is -2.26. The molecule has 2 rings (SSSR count). The van der Waals surface area contributed by atoms with Crippen LogP contribution in [0.5, 0.6) is 5.75 Å². The van der Waals surface area contributed by atoms with Crippen molar-refractivity contribution in [3.05, 3.63) is 59.2 Å². The van der Waals surface area contributed by atoms with E-state index >= 15 is 0 Å². The van der Waals surface area contributed by atoms with Gasteiger partial charge in [-0.3, -0.25) is 4.79 Å². The summed E-state index contributed by atoms with van der Waals surface area (Å²) in [4.78, 5) is 12.6. The van der Waals surface area contributed by atoms with Gasteiger partial charge in [-0.1, -0.05) is 31.2 Å². The second-order valence-corrected chi connectivity index (χ2v) is 7.24. The average molecular weight is 362 g/mol. The van der Waals surface area contributed by atoms with Crippen molar-refractivity contribution < 1.29 is 17.9 Å². The fourth-order valence-corrected chi connectivity index (χ4v) is 3.47. The van der Waals surface area contributed by atoms with Gasteiger partial charge in [0.25, 0.3) is 5.91 Å². The van der Waals surface area contributed by atoms with Gasteiger partial charge in [-0.2, -0.15) is 0 Å². The van der Waals surface area contributed by atoms with E-state index in [-0.39, 0.29) is 23.9 Å². The van der Waals surface area contributed by atoms with E-state index in [1.807, 2.05) is 24.3 Å². The van der Waals surface area contributed by atoms with Gasteiger partial charge < -0.3 is 10.1 Å². The molecule has 0 unspecified atom stereocenters. The quantitative estimate of drug-likeness (QED) is 0.791. The highest BCUT2D eigenvalue weighted by Gasteiger charge is 2.17. The molecule has 0 aliphatic heterocycles. The van der Waals surface area contributed by atoms with Crippen molar-refractivity contribution in [2.75, 3.05) is 13.7 Å². The van der Waals surface area contributed by atoms with Crippen molar-refractivity contribution in [2.45, 2.75) is 25.3 Å². The lowest BCUT2D eigenvalue weighted by Gasteiger charge is -2.12. The van der Waals surface area contributed by atoms with Crippen LogP contribution in [0.3, 0.4) is 0 Å². The minimum absolute atomic E-state index is 0.0717. The normalized spacial score (nSPS) is 11.2. The summed E-state index contributed by atoms with van der Waals surface area (Å²) in [6, 6.07) is 11.9. The van der Waals surface area contributed by atoms with Crippen molar-refractivity contribution >= 4 is 15.9 Å². The lowest BCUT2D eigenvalue weighted by atomic mass is 10.1. The molecule has 0 fully saturated rings. The van der Waals surface area contributed by atoms with E-state index in [4.69, 9.17) is 4.74 Å². The number of sulfonamides is 1. The second-order valence-electron chi connectivity index (χ2n) is 5.47. The topological polar surface area (TPSA) is 84.5 Å². The third kappa shape index (κ3) is 4.58. The summed E-state index contributed by atoms with van der Waals surface area (Å²) in [5.74, 6) is 0.347. The number of hydrogen-bond donors (Lipinski definition) is 2. The van der Waals surface area contributed by atoms with Crippen LogP contribution in [0, 0.1) is 6.92 Å². The van der Waals surface area contributed by atoms with Crippen molar-refractivity contribution in [3.8, 4) is 5.75 Å². The number of hydrogen-bond acceptors (Lipinski definition) is 4. The zero-order chi connectivity index (χ0) is 18.4. The van der Waals surface area contributed by atoms with Crippen molar-refractivity contribution in [1.82, 2.24) is 10.0 Å².